The van der Waals surface area contributed by atoms with E-state index in [2.05, 4.69) is 5.32 Å². The standard InChI is InChI=1S/C20H23FN2O5S/c1-5-28-20(25)15-11-10-13(2)17(12-15)22-19(24)14(3)23(29(4,26)27)18-9-7-6-8-16(18)21/h6-12,14H,5H2,1-4H3,(H,22,24)/t14-/m1/s1. The predicted octanol–water partition coefficient (Wildman–Crippen LogP) is 3.10. The molecule has 0 aliphatic carbocycles. The first kappa shape index (κ1) is 22.4. The van der Waals surface area contributed by atoms with Gasteiger partial charge in [-0.2, -0.15) is 0 Å². The van der Waals surface area contributed by atoms with Crippen molar-refractivity contribution < 1.29 is 27.1 Å². The summed E-state index contributed by atoms with van der Waals surface area (Å²) in [6, 6.07) is 8.71. The molecule has 0 fully saturated rings. The van der Waals surface area contributed by atoms with Gasteiger partial charge in [0.1, 0.15) is 11.9 Å². The van der Waals surface area contributed by atoms with Crippen LogP contribution in [0.2, 0.25) is 0 Å². The van der Waals surface area contributed by atoms with Crippen LogP contribution in [0.5, 0.6) is 0 Å². The summed E-state index contributed by atoms with van der Waals surface area (Å²) < 4.78 is 44.4. The third-order valence-corrected chi connectivity index (χ3v) is 5.41. The monoisotopic (exact) mass is 422 g/mol. The number of carbonyl (C=O) groups excluding carboxylic acids is 2. The molecule has 1 N–H and O–H groups in total. The van der Waals surface area contributed by atoms with Crippen LogP contribution in [0.1, 0.15) is 29.8 Å². The van der Waals surface area contributed by atoms with Gasteiger partial charge in [0.25, 0.3) is 0 Å². The number of esters is 1. The molecule has 0 heterocycles. The van der Waals surface area contributed by atoms with Gasteiger partial charge >= 0.3 is 5.97 Å². The van der Waals surface area contributed by atoms with Crippen molar-refractivity contribution in [3.8, 4) is 0 Å². The summed E-state index contributed by atoms with van der Waals surface area (Å²) in [4.78, 5) is 24.7. The zero-order valence-electron chi connectivity index (χ0n) is 16.6. The molecular weight excluding hydrogens is 399 g/mol. The van der Waals surface area contributed by atoms with Crippen molar-refractivity contribution in [2.24, 2.45) is 0 Å². The molecule has 0 saturated heterocycles. The lowest BCUT2D eigenvalue weighted by atomic mass is 10.1. The number of hydrogen-bond acceptors (Lipinski definition) is 5. The van der Waals surface area contributed by atoms with E-state index in [0.29, 0.717) is 11.3 Å². The van der Waals surface area contributed by atoms with Crippen LogP contribution in [0.3, 0.4) is 0 Å². The Balaban J connectivity index is 2.35. The smallest absolute Gasteiger partial charge is 0.338 e. The van der Waals surface area contributed by atoms with Gasteiger partial charge in [0, 0.05) is 5.69 Å². The topological polar surface area (TPSA) is 92.8 Å². The number of amides is 1. The Morgan fingerprint density at radius 3 is 2.45 bits per heavy atom. The summed E-state index contributed by atoms with van der Waals surface area (Å²) in [5.41, 5.74) is 1.01. The number of sulfonamides is 1. The minimum Gasteiger partial charge on any atom is -0.462 e. The minimum atomic E-state index is -3.96. The fourth-order valence-corrected chi connectivity index (χ4v) is 3.92. The Bertz CT molecular complexity index is 1020. The first-order valence-electron chi connectivity index (χ1n) is 8.88. The zero-order chi connectivity index (χ0) is 21.8. The summed E-state index contributed by atoms with van der Waals surface area (Å²) in [6.45, 7) is 4.96. The average Bonchev–Trinajstić information content (AvgIpc) is 2.64. The molecular formula is C20H23FN2O5S. The van der Waals surface area contributed by atoms with Crippen molar-refractivity contribution in [3.05, 3.63) is 59.4 Å². The van der Waals surface area contributed by atoms with Crippen LogP contribution in [0, 0.1) is 12.7 Å². The maximum atomic E-state index is 14.2. The van der Waals surface area contributed by atoms with Crippen LogP contribution in [-0.4, -0.2) is 39.2 Å². The summed E-state index contributed by atoms with van der Waals surface area (Å²) in [7, 11) is -3.96. The quantitative estimate of drug-likeness (QED) is 0.692. The van der Waals surface area contributed by atoms with Gasteiger partial charge in [0.05, 0.1) is 24.1 Å². The highest BCUT2D eigenvalue weighted by molar-refractivity contribution is 7.92. The molecule has 1 amide bonds. The zero-order valence-corrected chi connectivity index (χ0v) is 17.4. The molecule has 156 valence electrons. The molecule has 29 heavy (non-hydrogen) atoms. The Morgan fingerprint density at radius 2 is 1.86 bits per heavy atom. The molecule has 0 aromatic heterocycles. The summed E-state index contributed by atoms with van der Waals surface area (Å²) in [6.07, 6.45) is 0.899. The summed E-state index contributed by atoms with van der Waals surface area (Å²) in [5, 5.41) is 2.61. The lowest BCUT2D eigenvalue weighted by molar-refractivity contribution is -0.116. The van der Waals surface area contributed by atoms with E-state index < -0.39 is 33.8 Å². The van der Waals surface area contributed by atoms with Gasteiger partial charge in [0.2, 0.25) is 15.9 Å². The SMILES string of the molecule is CCOC(=O)c1ccc(C)c(NC(=O)[C@@H](C)N(c2ccccc2F)S(C)(=O)=O)c1. The highest BCUT2D eigenvalue weighted by Gasteiger charge is 2.31. The summed E-state index contributed by atoms with van der Waals surface area (Å²) in [5.74, 6) is -1.99. The molecule has 0 aliphatic heterocycles. The number of aryl methyl sites for hydroxylation is 1. The van der Waals surface area contributed by atoms with Crippen molar-refractivity contribution in [3.63, 3.8) is 0 Å². The number of carbonyl (C=O) groups is 2. The lowest BCUT2D eigenvalue weighted by Gasteiger charge is -2.28. The van der Waals surface area contributed by atoms with Crippen LogP contribution < -0.4 is 9.62 Å². The Morgan fingerprint density at radius 1 is 1.21 bits per heavy atom. The summed E-state index contributed by atoms with van der Waals surface area (Å²) >= 11 is 0. The van der Waals surface area contributed by atoms with E-state index in [1.165, 1.54) is 31.2 Å². The van der Waals surface area contributed by atoms with E-state index in [-0.39, 0.29) is 17.9 Å². The van der Waals surface area contributed by atoms with Crippen LogP contribution in [0.25, 0.3) is 0 Å². The van der Waals surface area contributed by atoms with Gasteiger partial charge in [0.15, 0.2) is 0 Å². The first-order chi connectivity index (χ1) is 13.6. The highest BCUT2D eigenvalue weighted by Crippen LogP contribution is 2.25. The number of nitrogens with one attached hydrogen (secondary N) is 1. The Hall–Kier alpha value is -2.94. The molecule has 0 spiro atoms. The Kier molecular flexibility index (Phi) is 6.97. The average molecular weight is 422 g/mol. The molecule has 2 aromatic carbocycles. The Labute approximate surface area is 169 Å². The van der Waals surface area contributed by atoms with Crippen LogP contribution in [0.4, 0.5) is 15.8 Å². The van der Waals surface area contributed by atoms with E-state index in [0.717, 1.165) is 16.6 Å². The number of ether oxygens (including phenoxy) is 1. The van der Waals surface area contributed by atoms with Crippen molar-refractivity contribution in [2.45, 2.75) is 26.8 Å². The second-order valence-corrected chi connectivity index (χ2v) is 8.29. The van der Waals surface area contributed by atoms with E-state index in [4.69, 9.17) is 4.74 Å². The van der Waals surface area contributed by atoms with Crippen molar-refractivity contribution in [2.75, 3.05) is 22.5 Å². The van der Waals surface area contributed by atoms with Crippen molar-refractivity contribution in [1.82, 2.24) is 0 Å². The maximum Gasteiger partial charge on any atom is 0.338 e. The number of rotatable bonds is 7. The highest BCUT2D eigenvalue weighted by atomic mass is 32.2. The van der Waals surface area contributed by atoms with Crippen molar-refractivity contribution >= 4 is 33.3 Å². The third-order valence-electron chi connectivity index (χ3n) is 4.18. The second-order valence-electron chi connectivity index (χ2n) is 6.43. The van der Waals surface area contributed by atoms with Gasteiger partial charge in [-0.1, -0.05) is 18.2 Å². The molecule has 2 aromatic rings. The predicted molar refractivity (Wildman–Crippen MR) is 109 cm³/mol. The second kappa shape index (κ2) is 9.04. The fourth-order valence-electron chi connectivity index (χ4n) is 2.75. The van der Waals surface area contributed by atoms with Gasteiger partial charge in [-0.3, -0.25) is 9.10 Å². The van der Waals surface area contributed by atoms with Gasteiger partial charge in [-0.15, -0.1) is 0 Å². The fraction of sp³-hybridized carbons (Fsp3) is 0.300. The lowest BCUT2D eigenvalue weighted by Crippen LogP contribution is -2.45. The maximum absolute atomic E-state index is 14.2. The van der Waals surface area contributed by atoms with Gasteiger partial charge < -0.3 is 10.1 Å². The molecule has 0 bridgehead atoms. The molecule has 9 heteroatoms. The normalized spacial score (nSPS) is 12.2. The number of para-hydroxylation sites is 1. The molecule has 7 nitrogen and oxygen atoms in total. The largest absolute Gasteiger partial charge is 0.462 e. The van der Waals surface area contributed by atoms with Crippen LogP contribution >= 0.6 is 0 Å². The van der Waals surface area contributed by atoms with E-state index in [1.807, 2.05) is 0 Å². The number of anilines is 2. The molecule has 0 saturated carbocycles. The van der Waals surface area contributed by atoms with E-state index >= 15 is 0 Å². The number of nitrogens with zero attached hydrogens (tertiary/aromatic N) is 1. The molecule has 0 unspecified atom stereocenters. The molecule has 0 aliphatic rings. The van der Waals surface area contributed by atoms with Gasteiger partial charge in [-0.05, 0) is 50.6 Å². The molecule has 1 atom stereocenters. The minimum absolute atomic E-state index is 0.206. The third kappa shape index (κ3) is 5.32. The van der Waals surface area contributed by atoms with Gasteiger partial charge in [-0.25, -0.2) is 17.6 Å². The van der Waals surface area contributed by atoms with Crippen LogP contribution in [0.15, 0.2) is 42.5 Å². The number of halogens is 1. The number of benzene rings is 2. The van der Waals surface area contributed by atoms with Crippen LogP contribution in [-0.2, 0) is 19.6 Å². The van der Waals surface area contributed by atoms with E-state index in [9.17, 15) is 22.4 Å². The van der Waals surface area contributed by atoms with E-state index in [1.54, 1.807) is 26.0 Å². The van der Waals surface area contributed by atoms with Crippen molar-refractivity contribution in [1.29, 1.82) is 0 Å². The molecule has 2 rings (SSSR count). The first-order valence-corrected chi connectivity index (χ1v) is 10.7. The number of hydrogen-bond donors (Lipinski definition) is 1. The molecule has 0 radical (unpaired) electrons.